The molecule has 0 atom stereocenters. The van der Waals surface area contributed by atoms with Crippen molar-refractivity contribution in [3.63, 3.8) is 0 Å². The summed E-state index contributed by atoms with van der Waals surface area (Å²) in [5, 5.41) is 7.18. The van der Waals surface area contributed by atoms with Gasteiger partial charge in [-0.3, -0.25) is 8.97 Å². The molecule has 0 N–H and O–H groups in total. The summed E-state index contributed by atoms with van der Waals surface area (Å²) >= 11 is 0. The van der Waals surface area contributed by atoms with Crippen LogP contribution in [0.25, 0.3) is 99.9 Å². The molecule has 50 heavy (non-hydrogen) atoms. The summed E-state index contributed by atoms with van der Waals surface area (Å²) in [6.07, 6.45) is 1.87. The molecule has 0 unspecified atom stereocenters. The van der Waals surface area contributed by atoms with Crippen LogP contribution in [0.5, 0.6) is 0 Å². The van der Waals surface area contributed by atoms with Gasteiger partial charge in [-0.2, -0.15) is 9.97 Å². The predicted molar refractivity (Wildman–Crippen MR) is 203 cm³/mol. The molecular weight excluding hydrogens is 613 g/mol. The van der Waals surface area contributed by atoms with Crippen LogP contribution >= 0.6 is 0 Å². The number of hydrogen-bond donors (Lipinski definition) is 0. The Kier molecular flexibility index (Phi) is 5.57. The fourth-order valence-electron chi connectivity index (χ4n) is 7.76. The smallest absolute Gasteiger partial charge is 0.238 e. The quantitative estimate of drug-likeness (QED) is 0.192. The lowest BCUT2D eigenvalue weighted by Gasteiger charge is -2.11. The van der Waals surface area contributed by atoms with E-state index in [-0.39, 0.29) is 0 Å². The minimum Gasteiger partial charge on any atom is -0.293 e. The molecule has 11 aromatic rings. The summed E-state index contributed by atoms with van der Waals surface area (Å²) in [6, 6.07) is 53.0. The Hall–Kier alpha value is -6.92. The largest absolute Gasteiger partial charge is 0.293 e. The van der Waals surface area contributed by atoms with Gasteiger partial charge in [-0.1, -0.05) is 109 Å². The van der Waals surface area contributed by atoms with Gasteiger partial charge in [0.25, 0.3) is 0 Å². The second-order valence-electron chi connectivity index (χ2n) is 12.7. The van der Waals surface area contributed by atoms with Crippen molar-refractivity contribution in [3.05, 3.63) is 158 Å². The van der Waals surface area contributed by atoms with Gasteiger partial charge >= 0.3 is 0 Å². The molecule has 0 aliphatic rings. The van der Waals surface area contributed by atoms with E-state index >= 15 is 0 Å². The van der Waals surface area contributed by atoms with Crippen LogP contribution in [0, 0.1) is 0 Å². The molecule has 6 nitrogen and oxygen atoms in total. The lowest BCUT2D eigenvalue weighted by atomic mass is 10.00. The van der Waals surface area contributed by atoms with Crippen molar-refractivity contribution in [2.24, 2.45) is 0 Å². The van der Waals surface area contributed by atoms with Crippen molar-refractivity contribution in [2.45, 2.75) is 0 Å². The zero-order chi connectivity index (χ0) is 32.8. The first-order chi connectivity index (χ1) is 24.8. The van der Waals surface area contributed by atoms with Gasteiger partial charge in [0.15, 0.2) is 11.6 Å². The molecule has 0 saturated heterocycles. The Balaban J connectivity index is 1.10. The number of fused-ring (bicyclic) bond motifs is 9. The zero-order valence-electron chi connectivity index (χ0n) is 26.7. The maximum atomic E-state index is 5.17. The van der Waals surface area contributed by atoms with Crippen molar-refractivity contribution in [1.29, 1.82) is 0 Å². The van der Waals surface area contributed by atoms with Gasteiger partial charge in [0.1, 0.15) is 5.65 Å². The molecule has 0 saturated carbocycles. The number of para-hydroxylation sites is 3. The van der Waals surface area contributed by atoms with E-state index in [1.807, 2.05) is 42.6 Å². The van der Waals surface area contributed by atoms with Crippen molar-refractivity contribution >= 4 is 60.0 Å². The monoisotopic (exact) mass is 638 g/mol. The standard InChI is InChI=1S/C44H26N6/c1-2-11-27(12-3-1)41-46-42(48-44(47-41)49-37-20-6-4-15-31(37)32-16-5-7-21-38(32)49)30-14-8-13-28(25-30)29-22-23-39-36(26-29)34-18-9-17-33-35-19-10-24-45-43(35)50(39)40(33)34/h1-26H. The van der Waals surface area contributed by atoms with Crippen LogP contribution in [-0.2, 0) is 0 Å². The number of aromatic nitrogens is 6. The average Bonchev–Trinajstić information content (AvgIpc) is 3.83. The molecule has 0 aliphatic carbocycles. The molecule has 0 fully saturated rings. The Labute approximate surface area is 285 Å². The molecule has 0 amide bonds. The topological polar surface area (TPSA) is 60.9 Å². The van der Waals surface area contributed by atoms with Crippen LogP contribution in [0.2, 0.25) is 0 Å². The van der Waals surface area contributed by atoms with Crippen molar-refractivity contribution in [1.82, 2.24) is 28.9 Å². The predicted octanol–water partition coefficient (Wildman–Crippen LogP) is 10.5. The molecule has 5 heterocycles. The summed E-state index contributed by atoms with van der Waals surface area (Å²) in [5.74, 6) is 1.84. The third kappa shape index (κ3) is 3.84. The van der Waals surface area contributed by atoms with E-state index in [2.05, 4.69) is 124 Å². The maximum Gasteiger partial charge on any atom is 0.238 e. The lowest BCUT2D eigenvalue weighted by Crippen LogP contribution is -2.06. The summed E-state index contributed by atoms with van der Waals surface area (Å²) in [7, 11) is 0. The van der Waals surface area contributed by atoms with Gasteiger partial charge in [0, 0.05) is 49.6 Å². The summed E-state index contributed by atoms with van der Waals surface area (Å²) in [4.78, 5) is 20.1. The Bertz CT molecular complexity index is 3050. The summed E-state index contributed by atoms with van der Waals surface area (Å²) in [6.45, 7) is 0. The molecular formula is C44H26N6. The Morgan fingerprint density at radius 2 is 0.980 bits per heavy atom. The van der Waals surface area contributed by atoms with Crippen LogP contribution in [0.4, 0.5) is 0 Å². The van der Waals surface area contributed by atoms with Crippen LogP contribution in [0.1, 0.15) is 0 Å². The van der Waals surface area contributed by atoms with Crippen molar-refractivity contribution in [2.75, 3.05) is 0 Å². The highest BCUT2D eigenvalue weighted by Gasteiger charge is 2.20. The lowest BCUT2D eigenvalue weighted by molar-refractivity contribution is 0.953. The molecule has 5 aromatic heterocycles. The maximum absolute atomic E-state index is 5.17. The Morgan fingerprint density at radius 3 is 1.78 bits per heavy atom. The number of nitrogens with zero attached hydrogens (tertiary/aromatic N) is 6. The Morgan fingerprint density at radius 1 is 0.380 bits per heavy atom. The molecule has 0 radical (unpaired) electrons. The van der Waals surface area contributed by atoms with Gasteiger partial charge in [-0.05, 0) is 53.6 Å². The number of pyridine rings is 1. The first kappa shape index (κ1) is 27.1. The van der Waals surface area contributed by atoms with E-state index in [4.69, 9.17) is 19.9 Å². The van der Waals surface area contributed by atoms with Gasteiger partial charge in [-0.25, -0.2) is 9.97 Å². The second-order valence-corrected chi connectivity index (χ2v) is 12.7. The van der Waals surface area contributed by atoms with Crippen LogP contribution < -0.4 is 0 Å². The molecule has 6 heteroatoms. The zero-order valence-corrected chi connectivity index (χ0v) is 26.7. The highest BCUT2D eigenvalue weighted by Crippen LogP contribution is 2.40. The van der Waals surface area contributed by atoms with Gasteiger partial charge in [0.05, 0.1) is 22.1 Å². The van der Waals surface area contributed by atoms with Gasteiger partial charge in [-0.15, -0.1) is 0 Å². The third-order valence-electron chi connectivity index (χ3n) is 9.97. The molecule has 0 aliphatic heterocycles. The minimum absolute atomic E-state index is 0.588. The first-order valence-electron chi connectivity index (χ1n) is 16.7. The van der Waals surface area contributed by atoms with Crippen molar-refractivity contribution in [3.8, 4) is 39.9 Å². The minimum atomic E-state index is 0.588. The van der Waals surface area contributed by atoms with E-state index in [9.17, 15) is 0 Å². The van der Waals surface area contributed by atoms with E-state index < -0.39 is 0 Å². The summed E-state index contributed by atoms with van der Waals surface area (Å²) < 4.78 is 4.46. The highest BCUT2D eigenvalue weighted by molar-refractivity contribution is 6.23. The van der Waals surface area contributed by atoms with Gasteiger partial charge < -0.3 is 0 Å². The molecule has 232 valence electrons. The number of rotatable bonds is 4. The van der Waals surface area contributed by atoms with Crippen LogP contribution in [0.15, 0.2) is 158 Å². The highest BCUT2D eigenvalue weighted by atomic mass is 15.2. The fourth-order valence-corrected chi connectivity index (χ4v) is 7.76. The molecule has 11 rings (SSSR count). The van der Waals surface area contributed by atoms with E-state index in [0.717, 1.165) is 55.2 Å². The van der Waals surface area contributed by atoms with Gasteiger partial charge in [0.2, 0.25) is 5.95 Å². The molecule has 6 aromatic carbocycles. The van der Waals surface area contributed by atoms with E-state index in [0.29, 0.717) is 17.6 Å². The normalized spacial score (nSPS) is 12.0. The molecule has 0 bridgehead atoms. The second kappa shape index (κ2) is 10.3. The average molecular weight is 639 g/mol. The number of benzene rings is 6. The van der Waals surface area contributed by atoms with E-state index in [1.54, 1.807) is 0 Å². The fraction of sp³-hybridized carbons (Fsp3) is 0. The van der Waals surface area contributed by atoms with E-state index in [1.165, 1.54) is 27.1 Å². The third-order valence-corrected chi connectivity index (χ3v) is 9.97. The summed E-state index contributed by atoms with van der Waals surface area (Å²) in [5.41, 5.74) is 9.57. The van der Waals surface area contributed by atoms with Crippen LogP contribution in [0.3, 0.4) is 0 Å². The first-order valence-corrected chi connectivity index (χ1v) is 16.7. The molecule has 0 spiro atoms. The number of hydrogen-bond acceptors (Lipinski definition) is 4. The SMILES string of the molecule is c1ccc(-c2nc(-c3cccc(-c4ccc5c(c4)c4cccc6c7cccnc7n5c46)c3)nc(-n3c4ccccc4c4ccccc43)n2)cc1. The van der Waals surface area contributed by atoms with Crippen LogP contribution in [-0.4, -0.2) is 28.9 Å². The van der Waals surface area contributed by atoms with Crippen molar-refractivity contribution < 1.29 is 0 Å².